The topological polar surface area (TPSA) is 63.8 Å². The molecule has 2 unspecified atom stereocenters. The number of nitrogens with one attached hydrogen (secondary N) is 1. The van der Waals surface area contributed by atoms with Gasteiger partial charge in [-0.2, -0.15) is 0 Å². The highest BCUT2D eigenvalue weighted by Gasteiger charge is 2.46. The molecule has 0 saturated heterocycles. The first-order valence-electron chi connectivity index (χ1n) is 6.68. The number of nitrogens with zero attached hydrogens (tertiary/aromatic N) is 2. The van der Waals surface area contributed by atoms with Gasteiger partial charge in [0.15, 0.2) is 0 Å². The Balaban J connectivity index is 2.15. The van der Waals surface area contributed by atoms with E-state index < -0.39 is 0 Å². The lowest BCUT2D eigenvalue weighted by atomic mass is 9.63. The van der Waals surface area contributed by atoms with Crippen molar-refractivity contribution in [1.29, 1.82) is 0 Å². The van der Waals surface area contributed by atoms with Crippen molar-refractivity contribution < 1.29 is 0 Å². The van der Waals surface area contributed by atoms with E-state index in [2.05, 4.69) is 43.0 Å². The van der Waals surface area contributed by atoms with E-state index in [1.54, 1.807) is 0 Å². The Morgan fingerprint density at radius 1 is 1.39 bits per heavy atom. The average Bonchev–Trinajstić information content (AvgIpc) is 2.28. The second-order valence-electron chi connectivity index (χ2n) is 6.27. The number of hydrogen-bond acceptors (Lipinski definition) is 4. The number of aromatic nitrogens is 2. The van der Waals surface area contributed by atoms with Gasteiger partial charge < -0.3 is 11.1 Å². The second kappa shape index (κ2) is 4.50. The van der Waals surface area contributed by atoms with Crippen LogP contribution >= 0.6 is 0 Å². The van der Waals surface area contributed by atoms with Gasteiger partial charge in [0.25, 0.3) is 0 Å². The van der Waals surface area contributed by atoms with Crippen molar-refractivity contribution in [2.24, 2.45) is 11.1 Å². The van der Waals surface area contributed by atoms with Crippen molar-refractivity contribution in [3.63, 3.8) is 0 Å². The summed E-state index contributed by atoms with van der Waals surface area (Å²) in [5.41, 5.74) is 7.18. The molecular formula is C14H24N4. The highest BCUT2D eigenvalue weighted by atomic mass is 15.1. The van der Waals surface area contributed by atoms with Crippen molar-refractivity contribution in [1.82, 2.24) is 9.97 Å². The van der Waals surface area contributed by atoms with Gasteiger partial charge in [0.1, 0.15) is 11.6 Å². The normalized spacial score (nSPS) is 25.9. The molecule has 0 aromatic carbocycles. The molecule has 3 N–H and O–H groups in total. The van der Waals surface area contributed by atoms with Crippen molar-refractivity contribution in [3.8, 4) is 0 Å². The smallest absolute Gasteiger partial charge is 0.133 e. The zero-order valence-electron chi connectivity index (χ0n) is 12.0. The monoisotopic (exact) mass is 248 g/mol. The van der Waals surface area contributed by atoms with Crippen LogP contribution < -0.4 is 11.1 Å². The minimum absolute atomic E-state index is 0.136. The number of hydrogen-bond donors (Lipinski definition) is 2. The van der Waals surface area contributed by atoms with Gasteiger partial charge in [0, 0.05) is 35.2 Å². The van der Waals surface area contributed by atoms with Crippen LogP contribution in [-0.4, -0.2) is 22.1 Å². The Kier molecular flexibility index (Phi) is 3.32. The van der Waals surface area contributed by atoms with Gasteiger partial charge in [-0.3, -0.25) is 0 Å². The molecule has 0 amide bonds. The van der Waals surface area contributed by atoms with Crippen LogP contribution in [0.3, 0.4) is 0 Å². The van der Waals surface area contributed by atoms with Gasteiger partial charge >= 0.3 is 0 Å². The quantitative estimate of drug-likeness (QED) is 0.862. The van der Waals surface area contributed by atoms with Gasteiger partial charge in [-0.1, -0.05) is 27.7 Å². The molecule has 0 aliphatic heterocycles. The Bertz CT molecular complexity index is 439. The standard InChI is InChI=1S/C14H24N4/c1-8(2)13-16-9(3)6-12(18-13)17-11-7-10(15)14(11,4)5/h6,8,10-11H,7,15H2,1-5H3,(H,16,17,18). The molecule has 1 heterocycles. The van der Waals surface area contributed by atoms with Gasteiger partial charge in [0.2, 0.25) is 0 Å². The first-order chi connectivity index (χ1) is 8.30. The minimum Gasteiger partial charge on any atom is -0.367 e. The van der Waals surface area contributed by atoms with Crippen molar-refractivity contribution in [3.05, 3.63) is 17.6 Å². The zero-order valence-corrected chi connectivity index (χ0v) is 12.0. The Labute approximate surface area is 109 Å². The lowest BCUT2D eigenvalue weighted by molar-refractivity contribution is 0.117. The molecule has 1 aliphatic carbocycles. The van der Waals surface area contributed by atoms with Crippen LogP contribution in [0, 0.1) is 12.3 Å². The summed E-state index contributed by atoms with van der Waals surface area (Å²) >= 11 is 0. The Morgan fingerprint density at radius 2 is 2.06 bits per heavy atom. The third-order valence-electron chi connectivity index (χ3n) is 4.05. The summed E-state index contributed by atoms with van der Waals surface area (Å²) in [7, 11) is 0. The molecule has 2 atom stereocenters. The number of aryl methyl sites for hydroxylation is 1. The highest BCUT2D eigenvalue weighted by Crippen LogP contribution is 2.40. The minimum atomic E-state index is 0.136. The second-order valence-corrected chi connectivity index (χ2v) is 6.27. The summed E-state index contributed by atoms with van der Waals surface area (Å²) in [4.78, 5) is 9.04. The molecule has 1 saturated carbocycles. The maximum absolute atomic E-state index is 6.04. The summed E-state index contributed by atoms with van der Waals surface area (Å²) in [6.07, 6.45) is 1.01. The molecular weight excluding hydrogens is 224 g/mol. The summed E-state index contributed by atoms with van der Waals surface area (Å²) in [6.45, 7) is 10.6. The van der Waals surface area contributed by atoms with Crippen LogP contribution in [0.2, 0.25) is 0 Å². The maximum atomic E-state index is 6.04. The predicted molar refractivity (Wildman–Crippen MR) is 74.6 cm³/mol. The van der Waals surface area contributed by atoms with Crippen LogP contribution in [0.1, 0.15) is 51.6 Å². The van der Waals surface area contributed by atoms with Crippen molar-refractivity contribution in [2.75, 3.05) is 5.32 Å². The molecule has 4 heteroatoms. The van der Waals surface area contributed by atoms with Gasteiger partial charge in [-0.05, 0) is 13.3 Å². The first-order valence-corrected chi connectivity index (χ1v) is 6.68. The Morgan fingerprint density at radius 3 is 2.56 bits per heavy atom. The molecule has 1 aromatic heterocycles. The van der Waals surface area contributed by atoms with E-state index in [4.69, 9.17) is 5.73 Å². The molecule has 0 radical (unpaired) electrons. The van der Waals surface area contributed by atoms with E-state index in [1.165, 1.54) is 0 Å². The van der Waals surface area contributed by atoms with Crippen LogP contribution in [0.25, 0.3) is 0 Å². The molecule has 18 heavy (non-hydrogen) atoms. The predicted octanol–water partition coefficient (Wildman–Crippen LogP) is 2.45. The maximum Gasteiger partial charge on any atom is 0.133 e. The molecule has 100 valence electrons. The molecule has 0 spiro atoms. The molecule has 1 fully saturated rings. The van der Waals surface area contributed by atoms with Gasteiger partial charge in [-0.15, -0.1) is 0 Å². The fourth-order valence-corrected chi connectivity index (χ4v) is 2.31. The average molecular weight is 248 g/mol. The van der Waals surface area contributed by atoms with Gasteiger partial charge in [-0.25, -0.2) is 9.97 Å². The third kappa shape index (κ3) is 2.34. The molecule has 2 rings (SSSR count). The summed E-state index contributed by atoms with van der Waals surface area (Å²) in [6, 6.07) is 2.69. The van der Waals surface area contributed by atoms with E-state index in [-0.39, 0.29) is 11.5 Å². The lowest BCUT2D eigenvalue weighted by Gasteiger charge is -2.50. The van der Waals surface area contributed by atoms with Crippen LogP contribution in [-0.2, 0) is 0 Å². The van der Waals surface area contributed by atoms with E-state index >= 15 is 0 Å². The fourth-order valence-electron chi connectivity index (χ4n) is 2.31. The number of nitrogens with two attached hydrogens (primary N) is 1. The van der Waals surface area contributed by atoms with E-state index in [0.29, 0.717) is 12.0 Å². The van der Waals surface area contributed by atoms with Crippen LogP contribution in [0.15, 0.2) is 6.07 Å². The van der Waals surface area contributed by atoms with E-state index in [9.17, 15) is 0 Å². The van der Waals surface area contributed by atoms with E-state index in [1.807, 2.05) is 13.0 Å². The molecule has 1 aromatic rings. The molecule has 1 aliphatic rings. The van der Waals surface area contributed by atoms with Gasteiger partial charge in [0.05, 0.1) is 0 Å². The summed E-state index contributed by atoms with van der Waals surface area (Å²) in [5.74, 6) is 2.18. The molecule has 0 bridgehead atoms. The highest BCUT2D eigenvalue weighted by molar-refractivity contribution is 5.39. The fraction of sp³-hybridized carbons (Fsp3) is 0.714. The van der Waals surface area contributed by atoms with E-state index in [0.717, 1.165) is 23.8 Å². The third-order valence-corrected chi connectivity index (χ3v) is 4.05. The van der Waals surface area contributed by atoms with Crippen LogP contribution in [0.4, 0.5) is 5.82 Å². The van der Waals surface area contributed by atoms with Crippen LogP contribution in [0.5, 0.6) is 0 Å². The van der Waals surface area contributed by atoms with Crippen molar-refractivity contribution in [2.45, 2.75) is 59.0 Å². The number of rotatable bonds is 3. The van der Waals surface area contributed by atoms with Crippen molar-refractivity contribution >= 4 is 5.82 Å². The summed E-state index contributed by atoms with van der Waals surface area (Å²) < 4.78 is 0. The lowest BCUT2D eigenvalue weighted by Crippen LogP contribution is -2.61. The first kappa shape index (κ1) is 13.3. The molecule has 4 nitrogen and oxygen atoms in total. The SMILES string of the molecule is Cc1cc(NC2CC(N)C2(C)C)nc(C(C)C)n1. The zero-order chi connectivity index (χ0) is 13.5. The summed E-state index contributed by atoms with van der Waals surface area (Å²) in [5, 5.41) is 3.50. The number of anilines is 1. The largest absolute Gasteiger partial charge is 0.367 e. The Hall–Kier alpha value is -1.16.